The Morgan fingerprint density at radius 1 is 0.966 bits per heavy atom. The molecular formula is C23H23FN2O3. The van der Waals surface area contributed by atoms with Crippen molar-refractivity contribution in [2.75, 3.05) is 6.54 Å². The molecule has 0 radical (unpaired) electrons. The van der Waals surface area contributed by atoms with Crippen LogP contribution in [0.3, 0.4) is 0 Å². The van der Waals surface area contributed by atoms with Crippen molar-refractivity contribution in [3.05, 3.63) is 70.5 Å². The lowest BCUT2D eigenvalue weighted by Gasteiger charge is -2.29. The molecule has 2 aromatic rings. The van der Waals surface area contributed by atoms with Crippen LogP contribution in [0.1, 0.15) is 68.7 Å². The molecule has 4 rings (SSSR count). The first-order chi connectivity index (χ1) is 14.0. The zero-order chi connectivity index (χ0) is 20.4. The Bertz CT molecular complexity index is 949. The highest BCUT2D eigenvalue weighted by Crippen LogP contribution is 2.31. The Hall–Kier alpha value is -3.02. The minimum Gasteiger partial charge on any atom is -0.352 e. The molecule has 3 amide bonds. The Morgan fingerprint density at radius 2 is 1.66 bits per heavy atom. The third-order valence-electron chi connectivity index (χ3n) is 5.73. The molecule has 2 aliphatic rings. The monoisotopic (exact) mass is 394 g/mol. The number of hydrogen-bond acceptors (Lipinski definition) is 3. The Kier molecular flexibility index (Phi) is 5.43. The highest BCUT2D eigenvalue weighted by Gasteiger charge is 2.40. The Balaban J connectivity index is 1.42. The number of halogens is 1. The second-order valence-electron chi connectivity index (χ2n) is 7.66. The molecule has 1 aliphatic carbocycles. The van der Waals surface area contributed by atoms with Gasteiger partial charge in [-0.15, -0.1) is 0 Å². The third-order valence-corrected chi connectivity index (χ3v) is 5.73. The van der Waals surface area contributed by atoms with Crippen LogP contribution in [-0.2, 0) is 6.42 Å². The summed E-state index contributed by atoms with van der Waals surface area (Å²) >= 11 is 0. The number of amides is 3. The molecule has 0 aromatic heterocycles. The minimum absolute atomic E-state index is 0.0378. The van der Waals surface area contributed by atoms with Crippen LogP contribution in [0.2, 0.25) is 0 Å². The van der Waals surface area contributed by atoms with Gasteiger partial charge in [0.2, 0.25) is 0 Å². The lowest BCUT2D eigenvalue weighted by molar-refractivity contribution is 0.0548. The van der Waals surface area contributed by atoms with Crippen LogP contribution in [0.25, 0.3) is 0 Å². The molecule has 0 saturated heterocycles. The summed E-state index contributed by atoms with van der Waals surface area (Å²) in [5, 5.41) is 2.81. The number of imide groups is 1. The number of fused-ring (bicyclic) bond motifs is 1. The van der Waals surface area contributed by atoms with Crippen molar-refractivity contribution in [1.82, 2.24) is 10.2 Å². The summed E-state index contributed by atoms with van der Waals surface area (Å²) in [5.74, 6) is -1.14. The van der Waals surface area contributed by atoms with Crippen molar-refractivity contribution >= 4 is 17.7 Å². The second-order valence-corrected chi connectivity index (χ2v) is 7.66. The van der Waals surface area contributed by atoms with E-state index >= 15 is 0 Å². The number of carbonyl (C=O) groups is 3. The molecule has 5 nitrogen and oxygen atoms in total. The summed E-state index contributed by atoms with van der Waals surface area (Å²) in [6.07, 6.45) is 5.47. The van der Waals surface area contributed by atoms with Gasteiger partial charge in [0.1, 0.15) is 5.82 Å². The highest BCUT2D eigenvalue weighted by atomic mass is 19.1. The predicted octanol–water partition coefficient (Wildman–Crippen LogP) is 3.73. The van der Waals surface area contributed by atoms with Crippen LogP contribution in [0, 0.1) is 5.82 Å². The van der Waals surface area contributed by atoms with Gasteiger partial charge in [-0.2, -0.15) is 0 Å². The van der Waals surface area contributed by atoms with Crippen molar-refractivity contribution < 1.29 is 18.8 Å². The van der Waals surface area contributed by atoms with Gasteiger partial charge in [-0.25, -0.2) is 4.39 Å². The number of rotatable bonds is 5. The summed E-state index contributed by atoms with van der Waals surface area (Å²) in [5.41, 5.74) is 1.97. The minimum atomic E-state index is -0.300. The van der Waals surface area contributed by atoms with Gasteiger partial charge in [-0.3, -0.25) is 19.3 Å². The van der Waals surface area contributed by atoms with E-state index in [9.17, 15) is 18.8 Å². The fraction of sp³-hybridized carbons (Fsp3) is 0.348. The topological polar surface area (TPSA) is 66.5 Å². The molecule has 1 fully saturated rings. The number of nitrogens with one attached hydrogen (secondary N) is 1. The molecule has 0 spiro atoms. The first-order valence-electron chi connectivity index (χ1n) is 10.1. The molecule has 0 bridgehead atoms. The molecule has 2 aromatic carbocycles. The van der Waals surface area contributed by atoms with E-state index in [1.54, 1.807) is 24.3 Å². The first kappa shape index (κ1) is 19.3. The molecule has 1 N–H and O–H groups in total. The van der Waals surface area contributed by atoms with E-state index in [4.69, 9.17) is 0 Å². The maximum absolute atomic E-state index is 12.9. The van der Waals surface area contributed by atoms with Crippen molar-refractivity contribution in [2.45, 2.75) is 44.6 Å². The smallest absolute Gasteiger partial charge is 0.261 e. The van der Waals surface area contributed by atoms with E-state index in [2.05, 4.69) is 5.32 Å². The normalized spacial score (nSPS) is 16.8. The fourth-order valence-electron chi connectivity index (χ4n) is 4.15. The van der Waals surface area contributed by atoms with Crippen molar-refractivity contribution in [2.24, 2.45) is 0 Å². The summed E-state index contributed by atoms with van der Waals surface area (Å²) in [4.78, 5) is 39.4. The SMILES string of the molecule is O=C(NCCc1ccc(F)cc1)c1ccc2c(c1)C(=O)N(C1CCCCC1)C2=O. The van der Waals surface area contributed by atoms with Crippen LogP contribution < -0.4 is 5.32 Å². The fourth-order valence-corrected chi connectivity index (χ4v) is 4.15. The Labute approximate surface area is 168 Å². The second kappa shape index (κ2) is 8.15. The lowest BCUT2D eigenvalue weighted by Crippen LogP contribution is -2.40. The van der Waals surface area contributed by atoms with Gasteiger partial charge in [0.05, 0.1) is 11.1 Å². The Morgan fingerprint density at radius 3 is 2.38 bits per heavy atom. The van der Waals surface area contributed by atoms with E-state index in [1.165, 1.54) is 23.1 Å². The predicted molar refractivity (Wildman–Crippen MR) is 106 cm³/mol. The summed E-state index contributed by atoms with van der Waals surface area (Å²) in [7, 11) is 0. The average Bonchev–Trinajstić information content (AvgIpc) is 3.00. The first-order valence-corrected chi connectivity index (χ1v) is 10.1. The molecule has 1 saturated carbocycles. The third kappa shape index (κ3) is 3.92. The van der Waals surface area contributed by atoms with Gasteiger partial charge < -0.3 is 5.32 Å². The molecular weight excluding hydrogens is 371 g/mol. The maximum Gasteiger partial charge on any atom is 0.261 e. The van der Waals surface area contributed by atoms with E-state index in [1.807, 2.05) is 0 Å². The zero-order valence-corrected chi connectivity index (χ0v) is 16.1. The van der Waals surface area contributed by atoms with Crippen molar-refractivity contribution in [3.8, 4) is 0 Å². The van der Waals surface area contributed by atoms with Crippen LogP contribution in [0.5, 0.6) is 0 Å². The number of carbonyl (C=O) groups excluding carboxylic acids is 3. The van der Waals surface area contributed by atoms with Crippen LogP contribution in [-0.4, -0.2) is 35.2 Å². The van der Waals surface area contributed by atoms with E-state index < -0.39 is 0 Å². The van der Waals surface area contributed by atoms with Gasteiger partial charge in [0.15, 0.2) is 0 Å². The molecule has 1 aliphatic heterocycles. The molecule has 0 atom stereocenters. The summed E-state index contributed by atoms with van der Waals surface area (Å²) in [6, 6.07) is 10.8. The largest absolute Gasteiger partial charge is 0.352 e. The van der Waals surface area contributed by atoms with Gasteiger partial charge in [0.25, 0.3) is 17.7 Å². The van der Waals surface area contributed by atoms with Crippen LogP contribution >= 0.6 is 0 Å². The zero-order valence-electron chi connectivity index (χ0n) is 16.1. The van der Waals surface area contributed by atoms with Crippen LogP contribution in [0.4, 0.5) is 4.39 Å². The number of nitrogens with zero attached hydrogens (tertiary/aromatic N) is 1. The molecule has 1 heterocycles. The summed E-state index contributed by atoms with van der Waals surface area (Å²) in [6.45, 7) is 0.391. The number of benzene rings is 2. The van der Waals surface area contributed by atoms with Gasteiger partial charge in [-0.05, 0) is 55.2 Å². The number of hydrogen-bond donors (Lipinski definition) is 1. The van der Waals surface area contributed by atoms with Gasteiger partial charge in [0, 0.05) is 18.2 Å². The average molecular weight is 394 g/mol. The molecule has 6 heteroatoms. The molecule has 29 heavy (non-hydrogen) atoms. The van der Waals surface area contributed by atoms with E-state index in [0.29, 0.717) is 29.7 Å². The standard InChI is InChI=1S/C23H23FN2O3/c24-17-9-6-15(7-10-17)12-13-25-21(27)16-8-11-19-20(14-16)23(29)26(22(19)28)18-4-2-1-3-5-18/h6-11,14,18H,1-5,12-13H2,(H,25,27). The maximum atomic E-state index is 12.9. The van der Waals surface area contributed by atoms with Crippen molar-refractivity contribution in [1.29, 1.82) is 0 Å². The molecule has 150 valence electrons. The summed E-state index contributed by atoms with van der Waals surface area (Å²) < 4.78 is 12.9. The van der Waals surface area contributed by atoms with Gasteiger partial charge in [-0.1, -0.05) is 31.4 Å². The van der Waals surface area contributed by atoms with E-state index in [0.717, 1.165) is 37.7 Å². The highest BCUT2D eigenvalue weighted by molar-refractivity contribution is 6.22. The lowest BCUT2D eigenvalue weighted by atomic mass is 9.94. The quantitative estimate of drug-likeness (QED) is 0.786. The van der Waals surface area contributed by atoms with E-state index in [-0.39, 0.29) is 29.6 Å². The molecule has 0 unspecified atom stereocenters. The van der Waals surface area contributed by atoms with Crippen LogP contribution in [0.15, 0.2) is 42.5 Å². The van der Waals surface area contributed by atoms with Crippen molar-refractivity contribution in [3.63, 3.8) is 0 Å². The van der Waals surface area contributed by atoms with Gasteiger partial charge >= 0.3 is 0 Å².